The Morgan fingerprint density at radius 1 is 1.37 bits per heavy atom. The Labute approximate surface area is 123 Å². The number of benzene rings is 1. The predicted molar refractivity (Wildman–Crippen MR) is 77.9 cm³/mol. The van der Waals surface area contributed by atoms with Crippen molar-refractivity contribution in [2.24, 2.45) is 17.0 Å². The predicted octanol–water partition coefficient (Wildman–Crippen LogP) is 3.75. The molecular formula is C14H17Cl2NO2. The molecule has 0 fully saturated rings. The van der Waals surface area contributed by atoms with E-state index in [2.05, 4.69) is 19.0 Å². The van der Waals surface area contributed by atoms with Gasteiger partial charge in [-0.3, -0.25) is 0 Å². The molecular weight excluding hydrogens is 285 g/mol. The third kappa shape index (κ3) is 2.73. The molecule has 3 atom stereocenters. The molecule has 1 aromatic carbocycles. The maximum atomic E-state index is 9.65. The lowest BCUT2D eigenvalue weighted by Gasteiger charge is -2.22. The molecule has 19 heavy (non-hydrogen) atoms. The minimum atomic E-state index is -0.188. The number of aliphatic hydroxyl groups is 1. The molecule has 0 amide bonds. The van der Waals surface area contributed by atoms with Crippen molar-refractivity contribution in [3.63, 3.8) is 0 Å². The van der Waals surface area contributed by atoms with Crippen LogP contribution in [-0.4, -0.2) is 23.5 Å². The van der Waals surface area contributed by atoms with Gasteiger partial charge in [0.05, 0.1) is 28.3 Å². The first-order valence-corrected chi connectivity index (χ1v) is 7.14. The smallest absolute Gasteiger partial charge is 0.140 e. The number of halogens is 2. The van der Waals surface area contributed by atoms with Crippen molar-refractivity contribution in [2.75, 3.05) is 6.61 Å². The van der Waals surface area contributed by atoms with Crippen LogP contribution >= 0.6 is 23.2 Å². The number of hydrogen-bond donors (Lipinski definition) is 1. The lowest BCUT2D eigenvalue weighted by Crippen LogP contribution is -2.32. The summed E-state index contributed by atoms with van der Waals surface area (Å²) in [6.07, 6.45) is 0.831. The van der Waals surface area contributed by atoms with Gasteiger partial charge in [-0.15, -0.1) is 0 Å². The maximum absolute atomic E-state index is 9.65. The molecule has 1 aliphatic rings. The highest BCUT2D eigenvalue weighted by Gasteiger charge is 2.38. The van der Waals surface area contributed by atoms with Crippen LogP contribution in [0.1, 0.15) is 25.8 Å². The fourth-order valence-corrected chi connectivity index (χ4v) is 2.90. The highest BCUT2D eigenvalue weighted by atomic mass is 35.5. The molecule has 1 heterocycles. The van der Waals surface area contributed by atoms with Crippen LogP contribution in [0.15, 0.2) is 23.4 Å². The van der Waals surface area contributed by atoms with Gasteiger partial charge in [0.25, 0.3) is 0 Å². The van der Waals surface area contributed by atoms with E-state index in [9.17, 15) is 5.11 Å². The number of nitrogens with zero attached hydrogens (tertiary/aromatic N) is 1. The van der Waals surface area contributed by atoms with E-state index in [0.717, 1.165) is 6.42 Å². The third-order valence-electron chi connectivity index (χ3n) is 3.64. The van der Waals surface area contributed by atoms with Gasteiger partial charge in [-0.1, -0.05) is 48.3 Å². The first-order chi connectivity index (χ1) is 9.10. The Hall–Kier alpha value is -0.770. The molecule has 2 rings (SSSR count). The molecule has 1 N–H and O–H groups in total. The van der Waals surface area contributed by atoms with E-state index in [1.165, 1.54) is 0 Å². The summed E-state index contributed by atoms with van der Waals surface area (Å²) in [4.78, 5) is 5.50. The molecule has 1 aliphatic heterocycles. The normalized spacial score (nSPS) is 23.9. The second-order valence-corrected chi connectivity index (χ2v) is 5.63. The van der Waals surface area contributed by atoms with Crippen LogP contribution in [0.4, 0.5) is 0 Å². The first kappa shape index (κ1) is 14.6. The highest BCUT2D eigenvalue weighted by Crippen LogP contribution is 2.34. The van der Waals surface area contributed by atoms with Crippen LogP contribution in [0.3, 0.4) is 0 Å². The molecule has 0 radical (unpaired) electrons. The Balaban J connectivity index is 2.36. The van der Waals surface area contributed by atoms with E-state index in [1.807, 2.05) is 0 Å². The largest absolute Gasteiger partial charge is 0.396 e. The number of aliphatic hydroxyl groups excluding tert-OH is 1. The van der Waals surface area contributed by atoms with Crippen molar-refractivity contribution >= 4 is 28.9 Å². The zero-order valence-electron chi connectivity index (χ0n) is 10.9. The van der Waals surface area contributed by atoms with E-state index in [0.29, 0.717) is 27.2 Å². The quantitative estimate of drug-likeness (QED) is 0.920. The van der Waals surface area contributed by atoms with Gasteiger partial charge in [0.1, 0.15) is 6.10 Å². The Kier molecular flexibility index (Phi) is 4.71. The van der Waals surface area contributed by atoms with Crippen molar-refractivity contribution in [3.05, 3.63) is 33.8 Å². The van der Waals surface area contributed by atoms with Crippen molar-refractivity contribution in [2.45, 2.75) is 26.4 Å². The minimum absolute atomic E-state index is 0.0323. The highest BCUT2D eigenvalue weighted by molar-refractivity contribution is 6.40. The Bertz CT molecular complexity index is 470. The molecule has 0 aliphatic carbocycles. The summed E-state index contributed by atoms with van der Waals surface area (Å²) < 4.78 is 0. The van der Waals surface area contributed by atoms with Gasteiger partial charge >= 0.3 is 0 Å². The SMILES string of the molecule is CC[C@H](C)C1ON=C(c2c(Cl)cccc2Cl)C1CO. The van der Waals surface area contributed by atoms with Gasteiger partial charge in [0, 0.05) is 5.56 Å². The van der Waals surface area contributed by atoms with Crippen LogP contribution in [0.25, 0.3) is 0 Å². The monoisotopic (exact) mass is 301 g/mol. The molecule has 1 aromatic rings. The summed E-state index contributed by atoms with van der Waals surface area (Å²) in [6.45, 7) is 4.14. The van der Waals surface area contributed by atoms with Crippen LogP contribution < -0.4 is 0 Å². The molecule has 0 aromatic heterocycles. The van der Waals surface area contributed by atoms with E-state index >= 15 is 0 Å². The molecule has 104 valence electrons. The second-order valence-electron chi connectivity index (χ2n) is 4.82. The summed E-state index contributed by atoms with van der Waals surface area (Å²) in [5, 5.41) is 14.8. The van der Waals surface area contributed by atoms with Gasteiger partial charge in [-0.25, -0.2) is 0 Å². The summed E-state index contributed by atoms with van der Waals surface area (Å²) in [5.41, 5.74) is 1.30. The van der Waals surface area contributed by atoms with E-state index in [-0.39, 0.29) is 18.6 Å². The lowest BCUT2D eigenvalue weighted by atomic mass is 9.86. The summed E-state index contributed by atoms with van der Waals surface area (Å²) in [5.74, 6) is 0.118. The van der Waals surface area contributed by atoms with Crippen LogP contribution in [0.5, 0.6) is 0 Å². The Morgan fingerprint density at radius 2 is 2.00 bits per heavy atom. The van der Waals surface area contributed by atoms with Gasteiger partial charge in [0.2, 0.25) is 0 Å². The molecule has 0 saturated heterocycles. The molecule has 0 spiro atoms. The summed E-state index contributed by atoms with van der Waals surface area (Å²) >= 11 is 12.4. The van der Waals surface area contributed by atoms with Gasteiger partial charge in [0.15, 0.2) is 0 Å². The molecule has 3 nitrogen and oxygen atoms in total. The number of rotatable bonds is 4. The fourth-order valence-electron chi connectivity index (χ4n) is 2.31. The summed E-state index contributed by atoms with van der Waals surface area (Å²) in [7, 11) is 0. The maximum Gasteiger partial charge on any atom is 0.140 e. The van der Waals surface area contributed by atoms with Gasteiger partial charge in [-0.2, -0.15) is 0 Å². The number of hydrogen-bond acceptors (Lipinski definition) is 3. The van der Waals surface area contributed by atoms with E-state index < -0.39 is 0 Å². The average Bonchev–Trinajstić information content (AvgIpc) is 2.81. The minimum Gasteiger partial charge on any atom is -0.396 e. The van der Waals surface area contributed by atoms with Crippen LogP contribution in [0, 0.1) is 11.8 Å². The summed E-state index contributed by atoms with van der Waals surface area (Å²) in [6, 6.07) is 5.30. The zero-order chi connectivity index (χ0) is 14.0. The van der Waals surface area contributed by atoms with E-state index in [4.69, 9.17) is 28.0 Å². The average molecular weight is 302 g/mol. The van der Waals surface area contributed by atoms with Crippen molar-refractivity contribution in [3.8, 4) is 0 Å². The fraction of sp³-hybridized carbons (Fsp3) is 0.500. The van der Waals surface area contributed by atoms with Crippen molar-refractivity contribution in [1.82, 2.24) is 0 Å². The number of oxime groups is 1. The van der Waals surface area contributed by atoms with Gasteiger partial charge < -0.3 is 9.94 Å². The molecule has 5 heteroatoms. The van der Waals surface area contributed by atoms with Crippen molar-refractivity contribution in [1.29, 1.82) is 0 Å². The van der Waals surface area contributed by atoms with Crippen LogP contribution in [-0.2, 0) is 4.84 Å². The first-order valence-electron chi connectivity index (χ1n) is 6.39. The van der Waals surface area contributed by atoms with E-state index in [1.54, 1.807) is 18.2 Å². The lowest BCUT2D eigenvalue weighted by molar-refractivity contribution is 0.00886. The Morgan fingerprint density at radius 3 is 2.53 bits per heavy atom. The molecule has 0 saturated carbocycles. The molecule has 0 bridgehead atoms. The standard InChI is InChI=1S/C14H17Cl2NO2/c1-3-8(2)14-9(7-18)13(17-19-14)12-10(15)5-4-6-11(12)16/h4-6,8-9,14,18H,3,7H2,1-2H3/t8-,9?,14?/m0/s1. The zero-order valence-corrected chi connectivity index (χ0v) is 12.4. The van der Waals surface area contributed by atoms with Crippen LogP contribution in [0.2, 0.25) is 10.0 Å². The van der Waals surface area contributed by atoms with Gasteiger partial charge in [-0.05, 0) is 24.5 Å². The second kappa shape index (κ2) is 6.12. The topological polar surface area (TPSA) is 41.8 Å². The molecule has 2 unspecified atom stereocenters. The third-order valence-corrected chi connectivity index (χ3v) is 4.27. The van der Waals surface area contributed by atoms with Crippen molar-refractivity contribution < 1.29 is 9.94 Å².